The van der Waals surface area contributed by atoms with Gasteiger partial charge < -0.3 is 10.6 Å². The van der Waals surface area contributed by atoms with Gasteiger partial charge in [0.2, 0.25) is 0 Å². The summed E-state index contributed by atoms with van der Waals surface area (Å²) >= 11 is 4.83. The quantitative estimate of drug-likeness (QED) is 0.887. The zero-order valence-electron chi connectivity index (χ0n) is 11.1. The van der Waals surface area contributed by atoms with E-state index in [1.165, 1.54) is 13.1 Å². The maximum atomic E-state index is 13.6. The minimum absolute atomic E-state index is 0.232. The Morgan fingerprint density at radius 3 is 2.10 bits per heavy atom. The average molecular weight is 306 g/mol. The molecule has 0 fully saturated rings. The molecule has 0 aliphatic heterocycles. The SMILES string of the molecule is CN(C(=O)c1c(F)cccc1F)c1ccc(C(N)=S)cc1. The van der Waals surface area contributed by atoms with Gasteiger partial charge in [-0.25, -0.2) is 8.78 Å². The summed E-state index contributed by atoms with van der Waals surface area (Å²) in [6, 6.07) is 9.77. The van der Waals surface area contributed by atoms with E-state index in [0.29, 0.717) is 11.3 Å². The number of carbonyl (C=O) groups excluding carboxylic acids is 1. The Hall–Kier alpha value is -2.34. The monoisotopic (exact) mass is 306 g/mol. The third-order valence-electron chi connectivity index (χ3n) is 3.02. The lowest BCUT2D eigenvalue weighted by Gasteiger charge is -2.18. The summed E-state index contributed by atoms with van der Waals surface area (Å²) in [7, 11) is 1.43. The van der Waals surface area contributed by atoms with Gasteiger partial charge in [0.15, 0.2) is 0 Å². The van der Waals surface area contributed by atoms with Crippen LogP contribution in [0.1, 0.15) is 15.9 Å². The van der Waals surface area contributed by atoms with Gasteiger partial charge in [0.1, 0.15) is 22.2 Å². The molecular weight excluding hydrogens is 294 g/mol. The highest BCUT2D eigenvalue weighted by molar-refractivity contribution is 7.80. The first kappa shape index (κ1) is 15.1. The molecule has 0 unspecified atom stereocenters. The standard InChI is InChI=1S/C15H12F2N2OS/c1-19(10-7-5-9(6-8-10)14(18)21)15(20)13-11(16)3-2-4-12(13)17/h2-8H,1H3,(H2,18,21). The highest BCUT2D eigenvalue weighted by Gasteiger charge is 2.21. The molecule has 0 saturated carbocycles. The highest BCUT2D eigenvalue weighted by atomic mass is 32.1. The van der Waals surface area contributed by atoms with Crippen LogP contribution in [0.5, 0.6) is 0 Å². The largest absolute Gasteiger partial charge is 0.389 e. The highest BCUT2D eigenvalue weighted by Crippen LogP contribution is 2.20. The summed E-state index contributed by atoms with van der Waals surface area (Å²) in [4.78, 5) is 13.6. The number of thiocarbonyl (C=S) groups is 1. The molecule has 2 aromatic carbocycles. The Morgan fingerprint density at radius 1 is 1.10 bits per heavy atom. The summed E-state index contributed by atoms with van der Waals surface area (Å²) < 4.78 is 27.3. The molecule has 0 aliphatic carbocycles. The molecule has 2 N–H and O–H groups in total. The fraction of sp³-hybridized carbons (Fsp3) is 0.0667. The van der Waals surface area contributed by atoms with Crippen molar-refractivity contribution >= 4 is 28.8 Å². The second kappa shape index (κ2) is 5.97. The van der Waals surface area contributed by atoms with E-state index >= 15 is 0 Å². The van der Waals surface area contributed by atoms with E-state index in [9.17, 15) is 13.6 Å². The van der Waals surface area contributed by atoms with Crippen LogP contribution >= 0.6 is 12.2 Å². The van der Waals surface area contributed by atoms with Gasteiger partial charge in [-0.1, -0.05) is 18.3 Å². The van der Waals surface area contributed by atoms with Crippen LogP contribution in [0.3, 0.4) is 0 Å². The normalized spacial score (nSPS) is 10.2. The fourth-order valence-corrected chi connectivity index (χ4v) is 1.97. The number of hydrogen-bond donors (Lipinski definition) is 1. The zero-order chi connectivity index (χ0) is 15.6. The predicted octanol–water partition coefficient (Wildman–Crippen LogP) is 2.88. The van der Waals surface area contributed by atoms with Crippen molar-refractivity contribution in [1.29, 1.82) is 0 Å². The molecule has 0 bridgehead atoms. The lowest BCUT2D eigenvalue weighted by atomic mass is 10.1. The Bertz CT molecular complexity index is 681. The number of rotatable bonds is 3. The van der Waals surface area contributed by atoms with Crippen molar-refractivity contribution in [2.45, 2.75) is 0 Å². The van der Waals surface area contributed by atoms with Gasteiger partial charge in [-0.2, -0.15) is 0 Å². The van der Waals surface area contributed by atoms with Crippen molar-refractivity contribution in [3.05, 3.63) is 65.2 Å². The summed E-state index contributed by atoms with van der Waals surface area (Å²) in [6.07, 6.45) is 0. The summed E-state index contributed by atoms with van der Waals surface area (Å²) in [6.45, 7) is 0. The van der Waals surface area contributed by atoms with Crippen LogP contribution in [-0.2, 0) is 0 Å². The second-order valence-electron chi connectivity index (χ2n) is 4.37. The van der Waals surface area contributed by atoms with E-state index in [-0.39, 0.29) is 4.99 Å². The molecule has 0 saturated heterocycles. The number of benzene rings is 2. The summed E-state index contributed by atoms with van der Waals surface area (Å²) in [5.41, 5.74) is 6.02. The third-order valence-corrected chi connectivity index (χ3v) is 3.26. The maximum absolute atomic E-state index is 13.6. The number of anilines is 1. The van der Waals surface area contributed by atoms with E-state index in [2.05, 4.69) is 0 Å². The first-order valence-electron chi connectivity index (χ1n) is 6.03. The van der Waals surface area contributed by atoms with Crippen LogP contribution in [0.25, 0.3) is 0 Å². The molecule has 108 valence electrons. The predicted molar refractivity (Wildman–Crippen MR) is 81.4 cm³/mol. The first-order valence-corrected chi connectivity index (χ1v) is 6.44. The van der Waals surface area contributed by atoms with Crippen LogP contribution in [0.4, 0.5) is 14.5 Å². The van der Waals surface area contributed by atoms with Crippen molar-refractivity contribution < 1.29 is 13.6 Å². The van der Waals surface area contributed by atoms with Crippen LogP contribution < -0.4 is 10.6 Å². The molecular formula is C15H12F2N2OS. The minimum Gasteiger partial charge on any atom is -0.389 e. The lowest BCUT2D eigenvalue weighted by Crippen LogP contribution is -2.28. The first-order chi connectivity index (χ1) is 9.91. The van der Waals surface area contributed by atoms with Crippen LogP contribution in [-0.4, -0.2) is 17.9 Å². The number of hydrogen-bond acceptors (Lipinski definition) is 2. The molecule has 0 radical (unpaired) electrons. The Morgan fingerprint density at radius 2 is 1.62 bits per heavy atom. The molecule has 2 aromatic rings. The van der Waals surface area contributed by atoms with Gasteiger partial charge in [-0.05, 0) is 36.4 Å². The lowest BCUT2D eigenvalue weighted by molar-refractivity contribution is 0.0985. The van der Waals surface area contributed by atoms with Crippen molar-refractivity contribution in [2.75, 3.05) is 11.9 Å². The number of halogens is 2. The Balaban J connectivity index is 2.33. The number of carbonyl (C=O) groups is 1. The van der Waals surface area contributed by atoms with E-state index < -0.39 is 23.1 Å². The number of amides is 1. The maximum Gasteiger partial charge on any atom is 0.263 e. The molecule has 0 atom stereocenters. The van der Waals surface area contributed by atoms with Crippen molar-refractivity contribution in [3.63, 3.8) is 0 Å². The van der Waals surface area contributed by atoms with Gasteiger partial charge in [-0.15, -0.1) is 0 Å². The Kier molecular flexibility index (Phi) is 4.28. The molecule has 3 nitrogen and oxygen atoms in total. The van der Waals surface area contributed by atoms with Gasteiger partial charge >= 0.3 is 0 Å². The molecule has 0 heterocycles. The molecule has 6 heteroatoms. The van der Waals surface area contributed by atoms with E-state index in [1.807, 2.05) is 0 Å². The second-order valence-corrected chi connectivity index (χ2v) is 4.81. The third kappa shape index (κ3) is 3.05. The smallest absolute Gasteiger partial charge is 0.263 e. The molecule has 21 heavy (non-hydrogen) atoms. The molecule has 0 aromatic heterocycles. The van der Waals surface area contributed by atoms with Gasteiger partial charge in [0.25, 0.3) is 5.91 Å². The van der Waals surface area contributed by atoms with Crippen LogP contribution in [0, 0.1) is 11.6 Å². The fourth-order valence-electron chi connectivity index (χ4n) is 1.84. The zero-order valence-corrected chi connectivity index (χ0v) is 12.0. The van der Waals surface area contributed by atoms with Crippen molar-refractivity contribution in [3.8, 4) is 0 Å². The summed E-state index contributed by atoms with van der Waals surface area (Å²) in [5, 5.41) is 0. The summed E-state index contributed by atoms with van der Waals surface area (Å²) in [5.74, 6) is -2.56. The molecule has 0 aliphatic rings. The number of nitrogens with two attached hydrogens (primary N) is 1. The van der Waals surface area contributed by atoms with Gasteiger partial charge in [0.05, 0.1) is 0 Å². The molecule has 1 amide bonds. The Labute approximate surface area is 126 Å². The molecule has 2 rings (SSSR count). The molecule has 0 spiro atoms. The minimum atomic E-state index is -0.897. The van der Waals surface area contributed by atoms with Crippen LogP contribution in [0.15, 0.2) is 42.5 Å². The van der Waals surface area contributed by atoms with Crippen molar-refractivity contribution in [2.24, 2.45) is 5.73 Å². The average Bonchev–Trinajstić information content (AvgIpc) is 2.46. The van der Waals surface area contributed by atoms with E-state index in [0.717, 1.165) is 17.0 Å². The number of nitrogens with zero attached hydrogens (tertiary/aromatic N) is 1. The van der Waals surface area contributed by atoms with Crippen LogP contribution in [0.2, 0.25) is 0 Å². The van der Waals surface area contributed by atoms with Crippen molar-refractivity contribution in [1.82, 2.24) is 0 Å². The van der Waals surface area contributed by atoms with Gasteiger partial charge in [0, 0.05) is 18.3 Å². The van der Waals surface area contributed by atoms with E-state index in [1.54, 1.807) is 24.3 Å². The van der Waals surface area contributed by atoms with Gasteiger partial charge in [-0.3, -0.25) is 4.79 Å². The van der Waals surface area contributed by atoms with E-state index in [4.69, 9.17) is 18.0 Å². The topological polar surface area (TPSA) is 46.3 Å².